The van der Waals surface area contributed by atoms with Gasteiger partial charge in [-0.25, -0.2) is 8.42 Å². The maximum absolute atomic E-state index is 13.2. The molecule has 0 aromatic heterocycles. The van der Waals surface area contributed by atoms with Gasteiger partial charge >= 0.3 is 0 Å². The number of ether oxygens (including phenoxy) is 1. The molecule has 0 heterocycles. The first-order chi connectivity index (χ1) is 15.0. The van der Waals surface area contributed by atoms with Crippen molar-refractivity contribution in [2.45, 2.75) is 17.9 Å². The van der Waals surface area contributed by atoms with Crippen LogP contribution < -0.4 is 10.1 Å². The van der Waals surface area contributed by atoms with Gasteiger partial charge in [0.25, 0.3) is 0 Å². The molecule has 3 aromatic carbocycles. The number of nitrogens with zero attached hydrogens (tertiary/aromatic N) is 1. The molecule has 0 radical (unpaired) electrons. The smallest absolute Gasteiger partial charge is 0.243 e. The minimum absolute atomic E-state index is 0.115. The third kappa shape index (κ3) is 6.41. The van der Waals surface area contributed by atoms with E-state index in [2.05, 4.69) is 5.32 Å². The van der Waals surface area contributed by atoms with Gasteiger partial charge in [-0.15, -0.1) is 0 Å². The molecule has 6 nitrogen and oxygen atoms in total. The van der Waals surface area contributed by atoms with Crippen LogP contribution in [0.1, 0.15) is 11.1 Å². The number of carbonyl (C=O) groups excluding carboxylic acids is 1. The van der Waals surface area contributed by atoms with Gasteiger partial charge in [-0.1, -0.05) is 60.7 Å². The van der Waals surface area contributed by atoms with Crippen molar-refractivity contribution in [1.29, 1.82) is 0 Å². The highest BCUT2D eigenvalue weighted by Gasteiger charge is 2.26. The Balaban J connectivity index is 1.66. The molecular weight excluding hydrogens is 412 g/mol. The molecular formula is C24H26N2O4S. The summed E-state index contributed by atoms with van der Waals surface area (Å²) in [6, 6.07) is 25.0. The predicted octanol–water partition coefficient (Wildman–Crippen LogP) is 3.25. The van der Waals surface area contributed by atoms with Gasteiger partial charge in [-0.2, -0.15) is 4.31 Å². The molecule has 0 spiro atoms. The van der Waals surface area contributed by atoms with Gasteiger partial charge < -0.3 is 10.1 Å². The lowest BCUT2D eigenvalue weighted by Gasteiger charge is -2.22. The Kier molecular flexibility index (Phi) is 7.81. The Morgan fingerprint density at radius 1 is 0.871 bits per heavy atom. The number of hydrogen-bond donors (Lipinski definition) is 1. The van der Waals surface area contributed by atoms with Crippen molar-refractivity contribution in [3.63, 3.8) is 0 Å². The lowest BCUT2D eigenvalue weighted by molar-refractivity contribution is -0.121. The maximum Gasteiger partial charge on any atom is 0.243 e. The van der Waals surface area contributed by atoms with Crippen LogP contribution in [0.25, 0.3) is 0 Å². The zero-order valence-electron chi connectivity index (χ0n) is 17.4. The fourth-order valence-corrected chi connectivity index (χ4v) is 4.51. The first-order valence-corrected chi connectivity index (χ1v) is 11.4. The Morgan fingerprint density at radius 3 is 2.10 bits per heavy atom. The van der Waals surface area contributed by atoms with Crippen LogP contribution in [0.3, 0.4) is 0 Å². The van der Waals surface area contributed by atoms with Gasteiger partial charge in [-0.3, -0.25) is 4.79 Å². The summed E-state index contributed by atoms with van der Waals surface area (Å²) in [6.45, 7) is 0.272. The van der Waals surface area contributed by atoms with E-state index in [1.54, 1.807) is 25.3 Å². The molecule has 31 heavy (non-hydrogen) atoms. The van der Waals surface area contributed by atoms with Crippen molar-refractivity contribution in [3.8, 4) is 5.75 Å². The van der Waals surface area contributed by atoms with Crippen LogP contribution in [0.4, 0.5) is 0 Å². The number of hydrogen-bond acceptors (Lipinski definition) is 4. The lowest BCUT2D eigenvalue weighted by atomic mass is 10.1. The number of methoxy groups -OCH3 is 1. The number of rotatable bonds is 10. The van der Waals surface area contributed by atoms with E-state index in [0.29, 0.717) is 13.0 Å². The summed E-state index contributed by atoms with van der Waals surface area (Å²) in [5.74, 6) is 0.430. The Morgan fingerprint density at radius 2 is 1.48 bits per heavy atom. The normalized spacial score (nSPS) is 11.3. The minimum atomic E-state index is -3.82. The number of amides is 1. The van der Waals surface area contributed by atoms with Crippen LogP contribution in [0.5, 0.6) is 5.75 Å². The summed E-state index contributed by atoms with van der Waals surface area (Å²) >= 11 is 0. The van der Waals surface area contributed by atoms with Crippen molar-refractivity contribution in [2.75, 3.05) is 20.2 Å². The van der Waals surface area contributed by atoms with Gasteiger partial charge in [0, 0.05) is 13.1 Å². The van der Waals surface area contributed by atoms with Crippen LogP contribution in [0.2, 0.25) is 0 Å². The average molecular weight is 439 g/mol. The average Bonchev–Trinajstić information content (AvgIpc) is 2.80. The van der Waals surface area contributed by atoms with Crippen molar-refractivity contribution in [2.24, 2.45) is 0 Å². The van der Waals surface area contributed by atoms with Gasteiger partial charge in [-0.05, 0) is 41.8 Å². The molecule has 0 aliphatic carbocycles. The monoisotopic (exact) mass is 438 g/mol. The zero-order chi connectivity index (χ0) is 22.1. The summed E-state index contributed by atoms with van der Waals surface area (Å²) in [6.07, 6.45) is 0.639. The quantitative estimate of drug-likeness (QED) is 0.527. The van der Waals surface area contributed by atoms with Gasteiger partial charge in [0.05, 0.1) is 18.6 Å². The molecule has 1 N–H and O–H groups in total. The van der Waals surface area contributed by atoms with E-state index >= 15 is 0 Å². The Labute approximate surface area is 183 Å². The van der Waals surface area contributed by atoms with Crippen molar-refractivity contribution in [1.82, 2.24) is 9.62 Å². The van der Waals surface area contributed by atoms with Crippen molar-refractivity contribution < 1.29 is 17.9 Å². The van der Waals surface area contributed by atoms with E-state index in [-0.39, 0.29) is 23.9 Å². The molecule has 0 aliphatic heterocycles. The second-order valence-electron chi connectivity index (χ2n) is 7.02. The van der Waals surface area contributed by atoms with Crippen LogP contribution in [-0.4, -0.2) is 38.8 Å². The predicted molar refractivity (Wildman–Crippen MR) is 120 cm³/mol. The molecule has 3 rings (SSSR count). The van der Waals surface area contributed by atoms with Crippen LogP contribution in [0, 0.1) is 0 Å². The molecule has 0 unspecified atom stereocenters. The Hall–Kier alpha value is -3.16. The van der Waals surface area contributed by atoms with Gasteiger partial charge in [0.2, 0.25) is 15.9 Å². The van der Waals surface area contributed by atoms with E-state index in [1.807, 2.05) is 54.6 Å². The third-order valence-electron chi connectivity index (χ3n) is 4.80. The number of carbonyl (C=O) groups is 1. The third-order valence-corrected chi connectivity index (χ3v) is 6.60. The molecule has 0 fully saturated rings. The number of sulfonamides is 1. The van der Waals surface area contributed by atoms with E-state index in [9.17, 15) is 13.2 Å². The molecule has 0 saturated carbocycles. The fourth-order valence-electron chi connectivity index (χ4n) is 3.11. The topological polar surface area (TPSA) is 75.7 Å². The van der Waals surface area contributed by atoms with Crippen molar-refractivity contribution in [3.05, 3.63) is 96.1 Å². The molecule has 0 saturated heterocycles. The molecule has 0 aliphatic rings. The van der Waals surface area contributed by atoms with Crippen LogP contribution in [-0.2, 0) is 27.8 Å². The standard InChI is InChI=1S/C24H26N2O4S/c1-30-22-14-12-20(13-15-22)16-17-25-24(27)19-26(18-21-8-4-2-5-9-21)31(28,29)23-10-6-3-7-11-23/h2-15H,16-19H2,1H3,(H,25,27). The fraction of sp³-hybridized carbons (Fsp3) is 0.208. The summed E-state index contributed by atoms with van der Waals surface area (Å²) in [5, 5.41) is 2.82. The van der Waals surface area contributed by atoms with Crippen molar-refractivity contribution >= 4 is 15.9 Å². The SMILES string of the molecule is COc1ccc(CCNC(=O)CN(Cc2ccccc2)S(=O)(=O)c2ccccc2)cc1. The van der Waals surface area contributed by atoms with E-state index in [1.165, 1.54) is 16.4 Å². The van der Waals surface area contributed by atoms with Gasteiger partial charge in [0.1, 0.15) is 5.75 Å². The van der Waals surface area contributed by atoms with Crippen LogP contribution >= 0.6 is 0 Å². The first-order valence-electron chi connectivity index (χ1n) is 9.98. The summed E-state index contributed by atoms with van der Waals surface area (Å²) < 4.78 is 32.7. The first kappa shape index (κ1) is 22.5. The largest absolute Gasteiger partial charge is 0.497 e. The summed E-state index contributed by atoms with van der Waals surface area (Å²) in [7, 11) is -2.21. The van der Waals surface area contributed by atoms with E-state index < -0.39 is 10.0 Å². The zero-order valence-corrected chi connectivity index (χ0v) is 18.2. The second kappa shape index (κ2) is 10.7. The Bertz CT molecular complexity index is 1070. The molecule has 1 amide bonds. The lowest BCUT2D eigenvalue weighted by Crippen LogP contribution is -2.40. The summed E-state index contributed by atoms with van der Waals surface area (Å²) in [4.78, 5) is 12.7. The highest BCUT2D eigenvalue weighted by molar-refractivity contribution is 7.89. The molecule has 0 atom stereocenters. The molecule has 0 bridgehead atoms. The number of nitrogens with one attached hydrogen (secondary N) is 1. The van der Waals surface area contributed by atoms with Crippen LogP contribution in [0.15, 0.2) is 89.8 Å². The molecule has 162 valence electrons. The molecule has 3 aromatic rings. The number of benzene rings is 3. The van der Waals surface area contributed by atoms with E-state index in [0.717, 1.165) is 16.9 Å². The minimum Gasteiger partial charge on any atom is -0.497 e. The van der Waals surface area contributed by atoms with E-state index in [4.69, 9.17) is 4.74 Å². The summed E-state index contributed by atoms with van der Waals surface area (Å²) in [5.41, 5.74) is 1.87. The van der Waals surface area contributed by atoms with Gasteiger partial charge in [0.15, 0.2) is 0 Å². The highest BCUT2D eigenvalue weighted by Crippen LogP contribution is 2.18. The highest BCUT2D eigenvalue weighted by atomic mass is 32.2. The maximum atomic E-state index is 13.2. The second-order valence-corrected chi connectivity index (χ2v) is 8.96. The molecule has 7 heteroatoms.